The molecule has 0 saturated heterocycles. The van der Waals surface area contributed by atoms with Gasteiger partial charge in [-0.1, -0.05) is 23.1 Å². The van der Waals surface area contributed by atoms with Crippen LogP contribution in [0.1, 0.15) is 14.5 Å². The summed E-state index contributed by atoms with van der Waals surface area (Å²) >= 11 is 4.40. The van der Waals surface area contributed by atoms with E-state index in [-0.39, 0.29) is 0 Å². The average Bonchev–Trinajstić information content (AvgIpc) is 2.95. The maximum Gasteiger partial charge on any atom is 0.345 e. The van der Waals surface area contributed by atoms with Gasteiger partial charge in [-0.05, 0) is 12.1 Å². The van der Waals surface area contributed by atoms with Crippen LogP contribution in [0.3, 0.4) is 0 Å². The number of hydrogen-bond donors (Lipinski definition) is 1. The fourth-order valence-corrected chi connectivity index (χ4v) is 3.80. The monoisotopic (exact) mass is 301 g/mol. The summed E-state index contributed by atoms with van der Waals surface area (Å²) in [5.74, 6) is -0.151. The van der Waals surface area contributed by atoms with Gasteiger partial charge in [0.05, 0.1) is 0 Å². The Hall–Kier alpha value is -1.12. The van der Waals surface area contributed by atoms with Crippen molar-refractivity contribution < 1.29 is 9.90 Å². The minimum atomic E-state index is -0.873. The van der Waals surface area contributed by atoms with E-state index in [9.17, 15) is 4.79 Å². The molecule has 5 nitrogen and oxygen atoms in total. The molecule has 18 heavy (non-hydrogen) atoms. The molecule has 0 aliphatic rings. The molecule has 96 valence electrons. The maximum absolute atomic E-state index is 10.7. The van der Waals surface area contributed by atoms with E-state index in [4.69, 9.17) is 5.11 Å². The Morgan fingerprint density at radius 3 is 2.72 bits per heavy atom. The minimum Gasteiger partial charge on any atom is -0.477 e. The van der Waals surface area contributed by atoms with Gasteiger partial charge in [0.1, 0.15) is 4.88 Å². The van der Waals surface area contributed by atoms with Gasteiger partial charge in [-0.3, -0.25) is 0 Å². The Kier molecular flexibility index (Phi) is 4.20. The lowest BCUT2D eigenvalue weighted by molar-refractivity contribution is 0.0702. The van der Waals surface area contributed by atoms with Gasteiger partial charge in [0.15, 0.2) is 4.34 Å². The summed E-state index contributed by atoms with van der Waals surface area (Å²) in [6.45, 7) is 0. The molecule has 2 heterocycles. The number of hydrogen-bond acceptors (Lipinski definition) is 7. The molecule has 0 radical (unpaired) electrons. The van der Waals surface area contributed by atoms with Crippen molar-refractivity contribution in [1.82, 2.24) is 10.2 Å². The molecule has 2 aromatic rings. The fraction of sp³-hybridized carbons (Fsp3) is 0.300. The Labute approximate surface area is 116 Å². The first kappa shape index (κ1) is 13.3. The number of anilines is 1. The van der Waals surface area contributed by atoms with Crippen molar-refractivity contribution >= 4 is 45.5 Å². The fourth-order valence-electron chi connectivity index (χ4n) is 1.14. The maximum atomic E-state index is 10.7. The van der Waals surface area contributed by atoms with Crippen LogP contribution in [-0.4, -0.2) is 35.4 Å². The van der Waals surface area contributed by atoms with Gasteiger partial charge in [0, 0.05) is 24.7 Å². The Balaban J connectivity index is 1.95. The smallest absolute Gasteiger partial charge is 0.345 e. The number of thioether (sulfide) groups is 1. The van der Waals surface area contributed by atoms with Crippen LogP contribution >= 0.6 is 34.4 Å². The van der Waals surface area contributed by atoms with Crippen molar-refractivity contribution in [3.05, 3.63) is 21.9 Å². The van der Waals surface area contributed by atoms with E-state index >= 15 is 0 Å². The van der Waals surface area contributed by atoms with Gasteiger partial charge in [-0.25, -0.2) is 4.79 Å². The zero-order valence-corrected chi connectivity index (χ0v) is 12.2. The van der Waals surface area contributed by atoms with Crippen molar-refractivity contribution in [1.29, 1.82) is 0 Å². The second-order valence-electron chi connectivity index (χ2n) is 3.60. The van der Waals surface area contributed by atoms with E-state index in [0.717, 1.165) is 20.1 Å². The molecule has 0 fully saturated rings. The van der Waals surface area contributed by atoms with Crippen LogP contribution in [0.25, 0.3) is 0 Å². The quantitative estimate of drug-likeness (QED) is 0.856. The second-order valence-corrected chi connectivity index (χ2v) is 6.95. The Morgan fingerprint density at radius 2 is 2.17 bits per heavy atom. The molecular weight excluding hydrogens is 290 g/mol. The van der Waals surface area contributed by atoms with E-state index in [0.29, 0.717) is 4.88 Å². The van der Waals surface area contributed by atoms with Gasteiger partial charge in [-0.15, -0.1) is 21.5 Å². The molecule has 0 spiro atoms. The van der Waals surface area contributed by atoms with Crippen LogP contribution in [0.4, 0.5) is 5.13 Å². The summed E-state index contributed by atoms with van der Waals surface area (Å²) in [4.78, 5) is 14.1. The van der Waals surface area contributed by atoms with Crippen molar-refractivity contribution in [2.45, 2.75) is 10.1 Å². The van der Waals surface area contributed by atoms with E-state index in [1.54, 1.807) is 17.8 Å². The van der Waals surface area contributed by atoms with Gasteiger partial charge in [-0.2, -0.15) is 0 Å². The first-order valence-corrected chi connectivity index (χ1v) is 7.64. The number of aromatic carboxylic acids is 1. The van der Waals surface area contributed by atoms with Crippen LogP contribution in [-0.2, 0) is 5.75 Å². The molecule has 8 heteroatoms. The average molecular weight is 301 g/mol. The van der Waals surface area contributed by atoms with Crippen molar-refractivity contribution in [3.8, 4) is 0 Å². The highest BCUT2D eigenvalue weighted by Crippen LogP contribution is 2.31. The molecule has 0 aromatic carbocycles. The number of carbonyl (C=O) groups is 1. The molecule has 2 aromatic heterocycles. The van der Waals surface area contributed by atoms with Crippen LogP contribution in [0.2, 0.25) is 0 Å². The predicted octanol–water partition coefficient (Wildman–Crippen LogP) is 2.66. The van der Waals surface area contributed by atoms with Gasteiger partial charge in [0.2, 0.25) is 5.13 Å². The number of carboxylic acid groups (broad SMARTS) is 1. The lowest BCUT2D eigenvalue weighted by Crippen LogP contribution is -2.07. The Bertz CT molecular complexity index is 550. The minimum absolute atomic E-state index is 0.372. The number of thiophene rings is 1. The molecule has 0 aliphatic carbocycles. The Morgan fingerprint density at radius 1 is 1.39 bits per heavy atom. The van der Waals surface area contributed by atoms with Gasteiger partial charge < -0.3 is 10.0 Å². The zero-order chi connectivity index (χ0) is 13.1. The lowest BCUT2D eigenvalue weighted by Gasteiger charge is -2.03. The number of carboxylic acids is 1. The number of aromatic nitrogens is 2. The van der Waals surface area contributed by atoms with E-state index in [2.05, 4.69) is 10.2 Å². The number of rotatable bonds is 5. The normalized spacial score (nSPS) is 10.6. The van der Waals surface area contributed by atoms with Crippen LogP contribution in [0.15, 0.2) is 16.5 Å². The largest absolute Gasteiger partial charge is 0.477 e. The first-order valence-electron chi connectivity index (χ1n) is 5.02. The molecule has 0 aliphatic heterocycles. The zero-order valence-electron chi connectivity index (χ0n) is 9.78. The summed E-state index contributed by atoms with van der Waals surface area (Å²) < 4.78 is 0.893. The van der Waals surface area contributed by atoms with E-state index in [1.807, 2.05) is 25.1 Å². The molecule has 0 bridgehead atoms. The molecule has 0 unspecified atom stereocenters. The molecule has 2 rings (SSSR count). The third-order valence-electron chi connectivity index (χ3n) is 1.99. The van der Waals surface area contributed by atoms with Crippen molar-refractivity contribution in [2.75, 3.05) is 19.0 Å². The first-order chi connectivity index (χ1) is 8.56. The summed E-state index contributed by atoms with van der Waals surface area (Å²) in [6, 6.07) is 3.48. The third kappa shape index (κ3) is 3.21. The highest BCUT2D eigenvalue weighted by Gasteiger charge is 2.09. The summed E-state index contributed by atoms with van der Waals surface area (Å²) in [6.07, 6.45) is 0. The van der Waals surface area contributed by atoms with E-state index < -0.39 is 5.97 Å². The topological polar surface area (TPSA) is 66.3 Å². The third-order valence-corrected chi connectivity index (χ3v) is 5.52. The highest BCUT2D eigenvalue weighted by molar-refractivity contribution is 8.00. The summed E-state index contributed by atoms with van der Waals surface area (Å²) in [5, 5.41) is 17.8. The lowest BCUT2D eigenvalue weighted by atomic mass is 10.4. The standard InChI is InChI=1S/C10H11N3O2S3/c1-13(2)9-11-12-10(18-9)16-5-6-3-4-7(17-6)8(14)15/h3-4H,5H2,1-2H3,(H,14,15). The van der Waals surface area contributed by atoms with Crippen LogP contribution in [0.5, 0.6) is 0 Å². The van der Waals surface area contributed by atoms with Crippen molar-refractivity contribution in [3.63, 3.8) is 0 Å². The summed E-state index contributed by atoms with van der Waals surface area (Å²) in [5.41, 5.74) is 0. The van der Waals surface area contributed by atoms with Gasteiger partial charge in [0.25, 0.3) is 0 Å². The SMILES string of the molecule is CN(C)c1nnc(SCc2ccc(C(=O)O)s2)s1. The predicted molar refractivity (Wildman–Crippen MR) is 75.1 cm³/mol. The molecule has 1 N–H and O–H groups in total. The molecular formula is C10H11N3O2S3. The van der Waals surface area contributed by atoms with Crippen LogP contribution < -0.4 is 4.90 Å². The van der Waals surface area contributed by atoms with E-state index in [1.165, 1.54) is 22.7 Å². The van der Waals surface area contributed by atoms with Crippen molar-refractivity contribution in [2.24, 2.45) is 0 Å². The molecule has 0 atom stereocenters. The highest BCUT2D eigenvalue weighted by atomic mass is 32.2. The van der Waals surface area contributed by atoms with Gasteiger partial charge >= 0.3 is 5.97 Å². The molecule has 0 amide bonds. The summed E-state index contributed by atoms with van der Waals surface area (Å²) in [7, 11) is 3.85. The molecule has 0 saturated carbocycles. The second kappa shape index (κ2) is 5.68. The van der Waals surface area contributed by atoms with Crippen LogP contribution in [0, 0.1) is 0 Å². The number of nitrogens with zero attached hydrogens (tertiary/aromatic N) is 3.